The molecule has 11 atom stereocenters. The fourth-order valence-electron chi connectivity index (χ4n) is 6.83. The van der Waals surface area contributed by atoms with Gasteiger partial charge in [-0.25, -0.2) is 0 Å². The molecular formula is C26H40N6O5S3. The van der Waals surface area contributed by atoms with Crippen molar-refractivity contribution in [1.82, 2.24) is 31.5 Å². The Kier molecular flexibility index (Phi) is 8.62. The van der Waals surface area contributed by atoms with Gasteiger partial charge in [-0.05, 0) is 13.3 Å². The summed E-state index contributed by atoms with van der Waals surface area (Å²) in [4.78, 5) is 27.0. The van der Waals surface area contributed by atoms with Gasteiger partial charge in [0, 0.05) is 62.4 Å². The summed E-state index contributed by atoms with van der Waals surface area (Å²) in [5.41, 5.74) is 0. The molecule has 5 N–H and O–H groups in total. The van der Waals surface area contributed by atoms with Gasteiger partial charge in [-0.3, -0.25) is 20.2 Å². The van der Waals surface area contributed by atoms with Crippen molar-refractivity contribution in [2.45, 2.75) is 71.7 Å². The second-order valence-corrected chi connectivity index (χ2v) is 15.4. The minimum absolute atomic E-state index is 0.00590. The quantitative estimate of drug-likeness (QED) is 0.258. The lowest BCUT2D eigenvalue weighted by molar-refractivity contribution is -0.123. The van der Waals surface area contributed by atoms with E-state index in [0.717, 1.165) is 37.0 Å². The molecule has 40 heavy (non-hydrogen) atoms. The third-order valence-corrected chi connectivity index (χ3v) is 13.3. The predicted octanol–water partition coefficient (Wildman–Crippen LogP) is -0.344. The fraction of sp³-hybridized carbons (Fsp3) is 0.846. The molecule has 0 aromatic heterocycles. The number of rotatable bonds is 7. The number of ether oxygens (including phenoxy) is 3. The average molecular weight is 613 g/mol. The maximum Gasteiger partial charge on any atom is 0.220 e. The summed E-state index contributed by atoms with van der Waals surface area (Å²) in [5, 5.41) is 20.0. The molecule has 0 aromatic rings. The van der Waals surface area contributed by atoms with Crippen LogP contribution in [0.15, 0.2) is 11.1 Å². The van der Waals surface area contributed by atoms with E-state index in [1.807, 2.05) is 35.3 Å². The Bertz CT molecular complexity index is 1000. The van der Waals surface area contributed by atoms with E-state index in [2.05, 4.69) is 38.4 Å². The van der Waals surface area contributed by atoms with Crippen molar-refractivity contribution in [1.29, 1.82) is 0 Å². The van der Waals surface area contributed by atoms with Gasteiger partial charge in [0.1, 0.15) is 12.3 Å². The van der Waals surface area contributed by atoms with Crippen LogP contribution in [0.25, 0.3) is 0 Å². The van der Waals surface area contributed by atoms with Crippen molar-refractivity contribution >= 4 is 47.0 Å². The smallest absolute Gasteiger partial charge is 0.220 e. The second kappa shape index (κ2) is 12.2. The first-order valence-electron chi connectivity index (χ1n) is 14.6. The van der Waals surface area contributed by atoms with E-state index in [0.29, 0.717) is 44.1 Å². The van der Waals surface area contributed by atoms with E-state index in [9.17, 15) is 9.59 Å². The first-order chi connectivity index (χ1) is 19.5. The van der Waals surface area contributed by atoms with Gasteiger partial charge < -0.3 is 35.1 Å². The highest BCUT2D eigenvalue weighted by Gasteiger charge is 2.50. The predicted molar refractivity (Wildman–Crippen MR) is 157 cm³/mol. The molecule has 11 nitrogen and oxygen atoms in total. The average Bonchev–Trinajstić information content (AvgIpc) is 3.76. The summed E-state index contributed by atoms with van der Waals surface area (Å²) >= 11 is 5.66. The van der Waals surface area contributed by atoms with Gasteiger partial charge in [-0.1, -0.05) is 0 Å². The van der Waals surface area contributed by atoms with Crippen molar-refractivity contribution in [2.24, 2.45) is 11.8 Å². The summed E-state index contributed by atoms with van der Waals surface area (Å²) in [6.45, 7) is 7.34. The maximum atomic E-state index is 13.0. The van der Waals surface area contributed by atoms with Crippen LogP contribution < -0.4 is 26.6 Å². The van der Waals surface area contributed by atoms with Crippen LogP contribution in [-0.2, 0) is 23.8 Å². The minimum Gasteiger partial charge on any atom is -0.378 e. The lowest BCUT2D eigenvalue weighted by Crippen LogP contribution is -2.63. The normalized spacial score (nSPS) is 44.3. The molecule has 6 saturated heterocycles. The first-order valence-corrected chi connectivity index (χ1v) is 17.4. The van der Waals surface area contributed by atoms with Gasteiger partial charge in [0.15, 0.2) is 5.78 Å². The molecule has 9 unspecified atom stereocenters. The van der Waals surface area contributed by atoms with Crippen LogP contribution in [0, 0.1) is 11.8 Å². The molecule has 14 heteroatoms. The Balaban J connectivity index is 0.951. The number of ketones is 1. The van der Waals surface area contributed by atoms with Crippen LogP contribution in [-0.4, -0.2) is 120 Å². The number of nitrogens with one attached hydrogen (secondary N) is 5. The van der Waals surface area contributed by atoms with Crippen LogP contribution in [0.3, 0.4) is 0 Å². The van der Waals surface area contributed by atoms with Gasteiger partial charge in [0.25, 0.3) is 0 Å². The molecule has 7 rings (SSSR count). The van der Waals surface area contributed by atoms with E-state index in [-0.39, 0.29) is 64.1 Å². The molecule has 0 aromatic carbocycles. The largest absolute Gasteiger partial charge is 0.378 e. The molecule has 7 aliphatic heterocycles. The SMILES string of the molecule is C[C@H](OC1NC(NC2CNC(C3COC4C(=O)C=C(N5CCOCC5)SC43)S2)CC2NCSC21)[C@@H]1CNC(=O)C1. The third-order valence-electron chi connectivity index (χ3n) is 9.11. The second-order valence-electron chi connectivity index (χ2n) is 11.7. The lowest BCUT2D eigenvalue weighted by Gasteiger charge is -2.41. The number of morpholine rings is 1. The van der Waals surface area contributed by atoms with Crippen LogP contribution in [0.5, 0.6) is 0 Å². The number of carbonyl (C=O) groups is 2. The van der Waals surface area contributed by atoms with Crippen molar-refractivity contribution < 1.29 is 23.8 Å². The van der Waals surface area contributed by atoms with Crippen LogP contribution in [0.1, 0.15) is 19.8 Å². The van der Waals surface area contributed by atoms with E-state index >= 15 is 0 Å². The zero-order valence-corrected chi connectivity index (χ0v) is 25.2. The van der Waals surface area contributed by atoms with Gasteiger partial charge in [0.2, 0.25) is 5.91 Å². The standard InChI is InChI=1S/C26H40N6O5S3/c1-13(14-6-19(34)27-9-14)37-25-24-16(29-12-38-24)7-18(31-25)30-20-10-28-26(39-20)15-11-36-22-17(33)8-21(40-23(15)22)32-2-4-35-5-3-32/h8,13-16,18,20,22-26,28-31H,2-7,9-12H2,1H3,(H,27,34)/t13-,14-,15?,16?,18?,20?,22?,23?,24?,25?,26?/m0/s1. The number of carbonyl (C=O) groups excluding carboxylic acids is 2. The highest BCUT2D eigenvalue weighted by molar-refractivity contribution is 8.04. The van der Waals surface area contributed by atoms with Crippen molar-refractivity contribution in [3.05, 3.63) is 11.1 Å². The molecule has 7 aliphatic rings. The Morgan fingerprint density at radius 1 is 1.18 bits per heavy atom. The van der Waals surface area contributed by atoms with Gasteiger partial charge >= 0.3 is 0 Å². The molecule has 0 saturated carbocycles. The molecule has 222 valence electrons. The summed E-state index contributed by atoms with van der Waals surface area (Å²) in [6.07, 6.45) is 3.04. The molecular weight excluding hydrogens is 573 g/mol. The minimum atomic E-state index is -0.345. The number of nitrogens with zero attached hydrogens (tertiary/aromatic N) is 1. The lowest BCUT2D eigenvalue weighted by atomic mass is 10.00. The van der Waals surface area contributed by atoms with Crippen molar-refractivity contribution in [2.75, 3.05) is 51.9 Å². The van der Waals surface area contributed by atoms with E-state index < -0.39 is 0 Å². The van der Waals surface area contributed by atoms with E-state index in [1.54, 1.807) is 6.08 Å². The van der Waals surface area contributed by atoms with E-state index in [4.69, 9.17) is 14.2 Å². The molecule has 0 bridgehead atoms. The molecule has 6 fully saturated rings. The zero-order chi connectivity index (χ0) is 27.2. The van der Waals surface area contributed by atoms with E-state index in [1.165, 1.54) is 0 Å². The number of piperidine rings is 1. The van der Waals surface area contributed by atoms with Crippen LogP contribution in [0.4, 0.5) is 0 Å². The Morgan fingerprint density at radius 2 is 2.05 bits per heavy atom. The highest BCUT2D eigenvalue weighted by Crippen LogP contribution is 2.45. The molecule has 0 spiro atoms. The third kappa shape index (κ3) is 5.82. The number of amides is 1. The number of hydrogen-bond donors (Lipinski definition) is 5. The summed E-state index contributed by atoms with van der Waals surface area (Å²) in [6, 6.07) is 0.387. The maximum absolute atomic E-state index is 13.0. The Labute approximate surface area is 248 Å². The number of hydrogen-bond acceptors (Lipinski definition) is 13. The topological polar surface area (TPSA) is 125 Å². The summed E-state index contributed by atoms with van der Waals surface area (Å²) < 4.78 is 18.1. The number of fused-ring (bicyclic) bond motifs is 2. The monoisotopic (exact) mass is 612 g/mol. The number of thioether (sulfide) groups is 3. The molecule has 0 radical (unpaired) electrons. The first kappa shape index (κ1) is 28.2. The Hall–Kier alpha value is -0.550. The van der Waals surface area contributed by atoms with Gasteiger partial charge in [-0.2, -0.15) is 0 Å². The van der Waals surface area contributed by atoms with Crippen molar-refractivity contribution in [3.8, 4) is 0 Å². The van der Waals surface area contributed by atoms with Gasteiger partial charge in [-0.15, -0.1) is 35.3 Å². The molecule has 0 aliphatic carbocycles. The van der Waals surface area contributed by atoms with Crippen LogP contribution in [0.2, 0.25) is 0 Å². The highest BCUT2D eigenvalue weighted by atomic mass is 32.2. The summed E-state index contributed by atoms with van der Waals surface area (Å²) in [5.74, 6) is 1.64. The van der Waals surface area contributed by atoms with Crippen LogP contribution >= 0.6 is 35.3 Å². The fourth-order valence-corrected chi connectivity index (χ4v) is 11.2. The summed E-state index contributed by atoms with van der Waals surface area (Å²) in [7, 11) is 0. The molecule has 7 heterocycles. The molecule has 1 amide bonds. The zero-order valence-electron chi connectivity index (χ0n) is 22.7. The van der Waals surface area contributed by atoms with Crippen molar-refractivity contribution in [3.63, 3.8) is 0 Å². The van der Waals surface area contributed by atoms with Gasteiger partial charge in [0.05, 0.1) is 58.4 Å². The Morgan fingerprint density at radius 3 is 2.88 bits per heavy atom.